The normalized spacial score (nSPS) is 12.1. The topological polar surface area (TPSA) is 41.6 Å². The van der Waals surface area contributed by atoms with Crippen molar-refractivity contribution in [3.8, 4) is 5.75 Å². The molecular formula is C16H14Cl4N2O2. The van der Waals surface area contributed by atoms with Gasteiger partial charge in [-0.15, -0.1) is 11.6 Å². The van der Waals surface area contributed by atoms with Crippen LogP contribution in [0.25, 0.3) is 0 Å². The lowest BCUT2D eigenvalue weighted by Crippen LogP contribution is -2.20. The summed E-state index contributed by atoms with van der Waals surface area (Å²) in [5.41, 5.74) is 0.537. The van der Waals surface area contributed by atoms with Gasteiger partial charge in [-0.05, 0) is 50.5 Å². The van der Waals surface area contributed by atoms with Crippen molar-refractivity contribution in [1.29, 1.82) is 0 Å². The minimum absolute atomic E-state index is 0.311. The summed E-state index contributed by atoms with van der Waals surface area (Å²) in [4.78, 5) is 13.9. The number of halogens is 4. The minimum atomic E-state index is -0.681. The second-order valence-electron chi connectivity index (χ2n) is 5.12. The first kappa shape index (κ1) is 19.2. The maximum atomic E-state index is 12.1. The molecule has 0 aliphatic heterocycles. The zero-order valence-electron chi connectivity index (χ0n) is 12.8. The quantitative estimate of drug-likeness (QED) is 0.494. The number of ether oxygens (including phenoxy) is 1. The van der Waals surface area contributed by atoms with E-state index in [0.717, 1.165) is 0 Å². The summed E-state index contributed by atoms with van der Waals surface area (Å²) in [5, 5.41) is 3.79. The lowest BCUT2D eigenvalue weighted by atomic mass is 10.2. The molecule has 0 aromatic heterocycles. The standard InChI is InChI=1S/C16H14Cl4N2O2/c1-22(2)15(20)11-7-9(17)3-6-14(11)24-16(23)21-10-4-5-12(18)13(19)8-10/h3-8,15H,1-2H3,(H,21,23). The van der Waals surface area contributed by atoms with Crippen LogP contribution in [0.15, 0.2) is 36.4 Å². The number of benzene rings is 2. The van der Waals surface area contributed by atoms with Crippen molar-refractivity contribution in [2.24, 2.45) is 0 Å². The average Bonchev–Trinajstić information content (AvgIpc) is 2.52. The van der Waals surface area contributed by atoms with Crippen LogP contribution in [0, 0.1) is 0 Å². The fraction of sp³-hybridized carbons (Fsp3) is 0.188. The van der Waals surface area contributed by atoms with Crippen LogP contribution in [0.5, 0.6) is 5.75 Å². The summed E-state index contributed by atoms with van der Waals surface area (Å²) in [5.74, 6) is 0.311. The van der Waals surface area contributed by atoms with E-state index in [-0.39, 0.29) is 0 Å². The molecule has 0 saturated carbocycles. The van der Waals surface area contributed by atoms with Crippen LogP contribution in [0.1, 0.15) is 11.1 Å². The Kier molecular flexibility index (Phi) is 6.61. The summed E-state index contributed by atoms with van der Waals surface area (Å²) < 4.78 is 5.35. The van der Waals surface area contributed by atoms with E-state index in [0.29, 0.717) is 32.1 Å². The third-order valence-electron chi connectivity index (χ3n) is 3.05. The fourth-order valence-corrected chi connectivity index (χ4v) is 2.54. The SMILES string of the molecule is CN(C)C(Cl)c1cc(Cl)ccc1OC(=O)Nc1ccc(Cl)c(Cl)c1. The molecule has 1 unspecified atom stereocenters. The molecule has 0 heterocycles. The van der Waals surface area contributed by atoms with Crippen LogP contribution in [0.4, 0.5) is 10.5 Å². The number of anilines is 1. The number of alkyl halides is 1. The third-order valence-corrected chi connectivity index (χ3v) is 4.65. The van der Waals surface area contributed by atoms with E-state index in [1.807, 2.05) is 0 Å². The molecule has 0 spiro atoms. The highest BCUT2D eigenvalue weighted by molar-refractivity contribution is 6.42. The van der Waals surface area contributed by atoms with Crippen LogP contribution in [0.2, 0.25) is 15.1 Å². The predicted octanol–water partition coefficient (Wildman–Crippen LogP) is 6.06. The molecule has 0 saturated heterocycles. The maximum absolute atomic E-state index is 12.1. The molecule has 2 aromatic carbocycles. The van der Waals surface area contributed by atoms with Crippen molar-refractivity contribution in [2.75, 3.05) is 19.4 Å². The second kappa shape index (κ2) is 8.28. The van der Waals surface area contributed by atoms with Gasteiger partial charge in [0.2, 0.25) is 0 Å². The van der Waals surface area contributed by atoms with E-state index < -0.39 is 11.6 Å². The van der Waals surface area contributed by atoms with Gasteiger partial charge >= 0.3 is 6.09 Å². The van der Waals surface area contributed by atoms with Crippen molar-refractivity contribution >= 4 is 58.2 Å². The van der Waals surface area contributed by atoms with Crippen molar-refractivity contribution in [3.05, 3.63) is 57.0 Å². The largest absolute Gasteiger partial charge is 0.417 e. The van der Waals surface area contributed by atoms with Gasteiger partial charge in [0.25, 0.3) is 0 Å². The van der Waals surface area contributed by atoms with Gasteiger partial charge in [0.15, 0.2) is 0 Å². The summed E-state index contributed by atoms with van der Waals surface area (Å²) in [6, 6.07) is 9.58. The lowest BCUT2D eigenvalue weighted by molar-refractivity contribution is 0.214. The second-order valence-corrected chi connectivity index (χ2v) is 6.79. The van der Waals surface area contributed by atoms with Gasteiger partial charge in [0.05, 0.1) is 10.0 Å². The Bertz CT molecular complexity index is 753. The van der Waals surface area contributed by atoms with Gasteiger partial charge in [0.1, 0.15) is 11.3 Å². The monoisotopic (exact) mass is 406 g/mol. The van der Waals surface area contributed by atoms with Gasteiger partial charge in [0, 0.05) is 16.3 Å². The van der Waals surface area contributed by atoms with Crippen molar-refractivity contribution < 1.29 is 9.53 Å². The zero-order valence-corrected chi connectivity index (χ0v) is 15.8. The number of nitrogens with one attached hydrogen (secondary N) is 1. The molecule has 0 aliphatic rings. The predicted molar refractivity (Wildman–Crippen MR) is 99.8 cm³/mol. The van der Waals surface area contributed by atoms with E-state index in [2.05, 4.69) is 5.32 Å². The Morgan fingerprint density at radius 3 is 2.42 bits per heavy atom. The minimum Gasteiger partial charge on any atom is -0.410 e. The fourth-order valence-electron chi connectivity index (χ4n) is 1.89. The molecule has 1 N–H and O–H groups in total. The highest BCUT2D eigenvalue weighted by atomic mass is 35.5. The summed E-state index contributed by atoms with van der Waals surface area (Å²) in [6.07, 6.45) is -0.681. The maximum Gasteiger partial charge on any atom is 0.417 e. The molecule has 4 nitrogen and oxygen atoms in total. The molecule has 24 heavy (non-hydrogen) atoms. The van der Waals surface area contributed by atoms with E-state index in [4.69, 9.17) is 51.1 Å². The molecule has 1 atom stereocenters. The molecule has 2 aromatic rings. The first-order valence-electron chi connectivity index (χ1n) is 6.81. The van der Waals surface area contributed by atoms with E-state index in [1.165, 1.54) is 6.07 Å². The molecule has 1 amide bonds. The van der Waals surface area contributed by atoms with E-state index in [9.17, 15) is 4.79 Å². The first-order valence-corrected chi connectivity index (χ1v) is 8.39. The van der Waals surface area contributed by atoms with Gasteiger partial charge in [-0.3, -0.25) is 10.2 Å². The number of carbonyl (C=O) groups is 1. The Labute approximate surface area is 160 Å². The van der Waals surface area contributed by atoms with Gasteiger partial charge in [-0.2, -0.15) is 0 Å². The molecule has 2 rings (SSSR count). The van der Waals surface area contributed by atoms with Gasteiger partial charge < -0.3 is 4.74 Å². The van der Waals surface area contributed by atoms with Crippen LogP contribution < -0.4 is 10.1 Å². The molecule has 0 radical (unpaired) electrons. The molecule has 8 heteroatoms. The van der Waals surface area contributed by atoms with Crippen LogP contribution in [0.3, 0.4) is 0 Å². The van der Waals surface area contributed by atoms with Crippen molar-refractivity contribution in [1.82, 2.24) is 4.90 Å². The van der Waals surface area contributed by atoms with Crippen LogP contribution in [-0.2, 0) is 0 Å². The van der Waals surface area contributed by atoms with Gasteiger partial charge in [-0.1, -0.05) is 34.8 Å². The highest BCUT2D eigenvalue weighted by Crippen LogP contribution is 2.33. The smallest absolute Gasteiger partial charge is 0.410 e. The average molecular weight is 408 g/mol. The summed E-state index contributed by atoms with van der Waals surface area (Å²) >= 11 is 24.1. The number of carbonyl (C=O) groups excluding carboxylic acids is 1. The summed E-state index contributed by atoms with van der Waals surface area (Å²) in [6.45, 7) is 0. The molecule has 0 aliphatic carbocycles. The van der Waals surface area contributed by atoms with Crippen LogP contribution >= 0.6 is 46.4 Å². The molecule has 128 valence electrons. The Morgan fingerprint density at radius 2 is 1.79 bits per heavy atom. The third kappa shape index (κ3) is 4.91. The first-order chi connectivity index (χ1) is 11.3. The molecular weight excluding hydrogens is 394 g/mol. The Balaban J connectivity index is 2.18. The number of hydrogen-bond donors (Lipinski definition) is 1. The van der Waals surface area contributed by atoms with Crippen molar-refractivity contribution in [3.63, 3.8) is 0 Å². The zero-order chi connectivity index (χ0) is 17.9. The Morgan fingerprint density at radius 1 is 1.08 bits per heavy atom. The number of amides is 1. The van der Waals surface area contributed by atoms with E-state index >= 15 is 0 Å². The lowest BCUT2D eigenvalue weighted by Gasteiger charge is -2.20. The van der Waals surface area contributed by atoms with Gasteiger partial charge in [-0.25, -0.2) is 4.79 Å². The van der Waals surface area contributed by atoms with Crippen LogP contribution in [-0.4, -0.2) is 25.1 Å². The highest BCUT2D eigenvalue weighted by Gasteiger charge is 2.18. The molecule has 0 fully saturated rings. The van der Waals surface area contributed by atoms with E-state index in [1.54, 1.807) is 49.3 Å². The number of hydrogen-bond acceptors (Lipinski definition) is 3. The number of rotatable bonds is 4. The van der Waals surface area contributed by atoms with Crippen molar-refractivity contribution in [2.45, 2.75) is 5.50 Å². The Hall–Kier alpha value is -1.17. The summed E-state index contributed by atoms with van der Waals surface area (Å²) in [7, 11) is 3.61. The molecule has 0 bridgehead atoms. The number of nitrogens with zero attached hydrogens (tertiary/aromatic N) is 1.